The van der Waals surface area contributed by atoms with Gasteiger partial charge in [0.1, 0.15) is 11.7 Å². The van der Waals surface area contributed by atoms with Crippen LogP contribution in [0.1, 0.15) is 19.4 Å². The first kappa shape index (κ1) is 15.2. The fourth-order valence-corrected chi connectivity index (χ4v) is 2.32. The summed E-state index contributed by atoms with van der Waals surface area (Å²) in [5.74, 6) is -2.37. The molecule has 4 amide bonds. The lowest BCUT2D eigenvalue weighted by Gasteiger charge is -2.31. The highest BCUT2D eigenvalue weighted by molar-refractivity contribution is 6.16. The number of carbonyl (C=O) groups is 3. The lowest BCUT2D eigenvalue weighted by Crippen LogP contribution is -2.59. The fraction of sp³-hybridized carbons (Fsp3) is 0.400. The largest absolute Gasteiger partial charge is 0.330 e. The second-order valence-electron chi connectivity index (χ2n) is 5.38. The first-order chi connectivity index (χ1) is 9.90. The van der Waals surface area contributed by atoms with Crippen molar-refractivity contribution in [3.05, 3.63) is 35.6 Å². The SMILES string of the molecule is CC(C)C1C(=O)NC(=O)N(CCc2ccc(F)cc2)C1=O. The number of carbonyl (C=O) groups excluding carboxylic acids is 3. The molecule has 1 unspecified atom stereocenters. The van der Waals surface area contributed by atoms with Crippen LogP contribution < -0.4 is 5.32 Å². The van der Waals surface area contributed by atoms with Crippen LogP contribution in [0.2, 0.25) is 0 Å². The molecule has 112 valence electrons. The molecule has 1 aliphatic heterocycles. The van der Waals surface area contributed by atoms with E-state index in [1.54, 1.807) is 26.0 Å². The zero-order valence-corrected chi connectivity index (χ0v) is 11.9. The third-order valence-corrected chi connectivity index (χ3v) is 3.49. The van der Waals surface area contributed by atoms with Crippen LogP contribution in [-0.4, -0.2) is 29.3 Å². The molecule has 1 aromatic rings. The van der Waals surface area contributed by atoms with Crippen LogP contribution >= 0.6 is 0 Å². The van der Waals surface area contributed by atoms with Crippen molar-refractivity contribution in [2.75, 3.05) is 6.54 Å². The summed E-state index contributed by atoms with van der Waals surface area (Å²) in [6, 6.07) is 5.17. The Labute approximate surface area is 122 Å². The highest BCUT2D eigenvalue weighted by Crippen LogP contribution is 2.19. The van der Waals surface area contributed by atoms with E-state index in [4.69, 9.17) is 0 Å². The average Bonchev–Trinajstić information content (AvgIpc) is 2.39. The normalized spacial score (nSPS) is 19.1. The molecule has 1 aromatic carbocycles. The van der Waals surface area contributed by atoms with Crippen LogP contribution in [0.5, 0.6) is 0 Å². The Hall–Kier alpha value is -2.24. The van der Waals surface area contributed by atoms with Gasteiger partial charge in [-0.05, 0) is 30.0 Å². The number of halogens is 1. The minimum Gasteiger partial charge on any atom is -0.277 e. The quantitative estimate of drug-likeness (QED) is 0.859. The van der Waals surface area contributed by atoms with Gasteiger partial charge in [-0.15, -0.1) is 0 Å². The van der Waals surface area contributed by atoms with Crippen LogP contribution in [0.25, 0.3) is 0 Å². The Kier molecular flexibility index (Phi) is 4.35. The van der Waals surface area contributed by atoms with Crippen LogP contribution in [0, 0.1) is 17.7 Å². The summed E-state index contributed by atoms with van der Waals surface area (Å²) >= 11 is 0. The minimum absolute atomic E-state index is 0.160. The molecule has 1 N–H and O–H groups in total. The summed E-state index contributed by atoms with van der Waals surface area (Å²) < 4.78 is 12.8. The van der Waals surface area contributed by atoms with E-state index in [2.05, 4.69) is 5.32 Å². The fourth-order valence-electron chi connectivity index (χ4n) is 2.32. The third kappa shape index (κ3) is 3.26. The second kappa shape index (κ2) is 6.03. The summed E-state index contributed by atoms with van der Waals surface area (Å²) in [7, 11) is 0. The average molecular weight is 292 g/mol. The van der Waals surface area contributed by atoms with Crippen molar-refractivity contribution in [1.29, 1.82) is 0 Å². The van der Waals surface area contributed by atoms with Gasteiger partial charge in [-0.1, -0.05) is 26.0 Å². The van der Waals surface area contributed by atoms with E-state index in [1.165, 1.54) is 12.1 Å². The van der Waals surface area contributed by atoms with Crippen LogP contribution in [0.4, 0.5) is 9.18 Å². The first-order valence-electron chi connectivity index (χ1n) is 6.81. The molecule has 1 aliphatic rings. The molecule has 21 heavy (non-hydrogen) atoms. The Morgan fingerprint density at radius 1 is 1.19 bits per heavy atom. The van der Waals surface area contributed by atoms with E-state index in [9.17, 15) is 18.8 Å². The van der Waals surface area contributed by atoms with Gasteiger partial charge in [-0.3, -0.25) is 19.8 Å². The standard InChI is InChI=1S/C15H17FN2O3/c1-9(2)12-13(19)17-15(21)18(14(12)20)8-7-10-3-5-11(16)6-4-10/h3-6,9,12H,7-8H2,1-2H3,(H,17,19,21). The van der Waals surface area contributed by atoms with Crippen molar-refractivity contribution < 1.29 is 18.8 Å². The van der Waals surface area contributed by atoms with E-state index in [-0.39, 0.29) is 18.3 Å². The summed E-state index contributed by atoms with van der Waals surface area (Å²) in [5, 5.41) is 2.20. The van der Waals surface area contributed by atoms with E-state index >= 15 is 0 Å². The Balaban J connectivity index is 2.07. The zero-order valence-electron chi connectivity index (χ0n) is 11.9. The number of rotatable bonds is 4. The van der Waals surface area contributed by atoms with Crippen molar-refractivity contribution in [3.63, 3.8) is 0 Å². The lowest BCUT2D eigenvalue weighted by atomic mass is 9.92. The number of nitrogens with zero attached hydrogens (tertiary/aromatic N) is 1. The number of benzene rings is 1. The van der Waals surface area contributed by atoms with Gasteiger partial charge in [-0.2, -0.15) is 0 Å². The molecule has 2 rings (SSSR count). The molecular formula is C15H17FN2O3. The zero-order chi connectivity index (χ0) is 15.6. The van der Waals surface area contributed by atoms with Gasteiger partial charge >= 0.3 is 6.03 Å². The van der Waals surface area contributed by atoms with Gasteiger partial charge in [0.05, 0.1) is 0 Å². The Morgan fingerprint density at radius 2 is 1.81 bits per heavy atom. The molecule has 0 aromatic heterocycles. The van der Waals surface area contributed by atoms with Gasteiger partial charge < -0.3 is 0 Å². The smallest absolute Gasteiger partial charge is 0.277 e. The van der Waals surface area contributed by atoms with Crippen molar-refractivity contribution in [2.45, 2.75) is 20.3 Å². The topological polar surface area (TPSA) is 66.5 Å². The molecule has 6 heteroatoms. The van der Waals surface area contributed by atoms with Crippen molar-refractivity contribution in [2.24, 2.45) is 11.8 Å². The number of imide groups is 2. The maximum absolute atomic E-state index is 12.8. The molecule has 1 fully saturated rings. The summed E-state index contributed by atoms with van der Waals surface area (Å²) in [5.41, 5.74) is 0.815. The Bertz CT molecular complexity index is 569. The molecular weight excluding hydrogens is 275 g/mol. The number of barbiturate groups is 1. The van der Waals surface area contributed by atoms with Gasteiger partial charge in [-0.25, -0.2) is 9.18 Å². The number of urea groups is 1. The maximum Gasteiger partial charge on any atom is 0.330 e. The molecule has 1 atom stereocenters. The van der Waals surface area contributed by atoms with Crippen molar-refractivity contribution >= 4 is 17.8 Å². The maximum atomic E-state index is 12.8. The van der Waals surface area contributed by atoms with E-state index < -0.39 is 23.8 Å². The highest BCUT2D eigenvalue weighted by Gasteiger charge is 2.41. The van der Waals surface area contributed by atoms with Gasteiger partial charge in [0.15, 0.2) is 0 Å². The number of hydrogen-bond donors (Lipinski definition) is 1. The molecule has 0 bridgehead atoms. The van der Waals surface area contributed by atoms with Gasteiger partial charge in [0, 0.05) is 6.54 Å². The molecule has 0 spiro atoms. The van der Waals surface area contributed by atoms with Gasteiger partial charge in [0.25, 0.3) is 0 Å². The first-order valence-corrected chi connectivity index (χ1v) is 6.81. The third-order valence-electron chi connectivity index (χ3n) is 3.49. The number of nitrogens with one attached hydrogen (secondary N) is 1. The highest BCUT2D eigenvalue weighted by atomic mass is 19.1. The molecule has 0 radical (unpaired) electrons. The lowest BCUT2D eigenvalue weighted by molar-refractivity contribution is -0.144. The summed E-state index contributed by atoms with van der Waals surface area (Å²) in [6.07, 6.45) is 0.415. The number of hydrogen-bond acceptors (Lipinski definition) is 3. The van der Waals surface area contributed by atoms with Crippen molar-refractivity contribution in [1.82, 2.24) is 10.2 Å². The molecule has 1 heterocycles. The van der Waals surface area contributed by atoms with Crippen molar-refractivity contribution in [3.8, 4) is 0 Å². The predicted molar refractivity (Wildman–Crippen MR) is 73.7 cm³/mol. The minimum atomic E-state index is -0.837. The Morgan fingerprint density at radius 3 is 2.38 bits per heavy atom. The van der Waals surface area contributed by atoms with E-state index in [1.807, 2.05) is 0 Å². The monoisotopic (exact) mass is 292 g/mol. The molecule has 0 saturated carbocycles. The molecule has 1 saturated heterocycles. The van der Waals surface area contributed by atoms with Gasteiger partial charge in [0.2, 0.25) is 11.8 Å². The summed E-state index contributed by atoms with van der Waals surface area (Å²) in [6.45, 7) is 3.68. The predicted octanol–water partition coefficient (Wildman–Crippen LogP) is 1.72. The molecule has 0 aliphatic carbocycles. The number of amides is 4. The van der Waals surface area contributed by atoms with Crippen LogP contribution in [-0.2, 0) is 16.0 Å². The van der Waals surface area contributed by atoms with E-state index in [0.29, 0.717) is 6.42 Å². The van der Waals surface area contributed by atoms with Crippen LogP contribution in [0.15, 0.2) is 24.3 Å². The second-order valence-corrected chi connectivity index (χ2v) is 5.38. The van der Waals surface area contributed by atoms with E-state index in [0.717, 1.165) is 10.5 Å². The summed E-state index contributed by atoms with van der Waals surface area (Å²) in [4.78, 5) is 36.8. The molecule has 5 nitrogen and oxygen atoms in total. The van der Waals surface area contributed by atoms with Crippen LogP contribution in [0.3, 0.4) is 0 Å².